The van der Waals surface area contributed by atoms with Crippen molar-refractivity contribution < 1.29 is 52.5 Å². The normalized spacial score (nSPS) is 12.0. The van der Waals surface area contributed by atoms with E-state index < -0.39 is 58.5 Å². The first-order valence-corrected chi connectivity index (χ1v) is 12.7. The van der Waals surface area contributed by atoms with E-state index in [1.165, 1.54) is 13.8 Å². The minimum Gasteiger partial charge on any atom is -0.466 e. The van der Waals surface area contributed by atoms with E-state index in [0.29, 0.717) is 23.5 Å². The van der Waals surface area contributed by atoms with Gasteiger partial charge in [-0.25, -0.2) is 9.59 Å². The molecule has 13 heteroatoms. The van der Waals surface area contributed by atoms with E-state index in [-0.39, 0.29) is 30.6 Å². The van der Waals surface area contributed by atoms with E-state index >= 15 is 0 Å². The fourth-order valence-electron chi connectivity index (χ4n) is 2.05. The maximum absolute atomic E-state index is 12.8. The third kappa shape index (κ3) is 14.0. The summed E-state index contributed by atoms with van der Waals surface area (Å²) in [6.45, 7) is 9.99. The predicted octanol–water partition coefficient (Wildman–Crippen LogP) is 3.96. The van der Waals surface area contributed by atoms with Crippen molar-refractivity contribution in [2.45, 2.75) is 59.6 Å². The summed E-state index contributed by atoms with van der Waals surface area (Å²) in [6, 6.07) is 0. The summed E-state index contributed by atoms with van der Waals surface area (Å²) in [5.41, 5.74) is 0. The number of esters is 3. The molecule has 11 nitrogen and oxygen atoms in total. The Morgan fingerprint density at radius 2 is 1.20 bits per heavy atom. The number of thioether (sulfide) groups is 2. The zero-order valence-corrected chi connectivity index (χ0v) is 22.7. The van der Waals surface area contributed by atoms with Crippen molar-refractivity contribution in [3.63, 3.8) is 0 Å². The number of hydrogen-bond donors (Lipinski definition) is 0. The summed E-state index contributed by atoms with van der Waals surface area (Å²) in [4.78, 5) is 71.9. The number of hydrogen-bond acceptors (Lipinski definition) is 13. The Labute approximate surface area is 213 Å². The fourth-order valence-corrected chi connectivity index (χ4v) is 3.49. The average molecular weight is 539 g/mol. The summed E-state index contributed by atoms with van der Waals surface area (Å²) in [5, 5.41) is -1.63. The smallest absolute Gasteiger partial charge is 0.371 e. The van der Waals surface area contributed by atoms with Gasteiger partial charge in [0.05, 0.1) is 29.1 Å². The third-order valence-corrected chi connectivity index (χ3v) is 6.11. The molecule has 0 saturated heterocycles. The summed E-state index contributed by atoms with van der Waals surface area (Å²) in [6.07, 6.45) is -0.308. The number of ether oxygens (including phenoxy) is 5. The molecule has 0 fully saturated rings. The van der Waals surface area contributed by atoms with Gasteiger partial charge in [-0.2, -0.15) is 0 Å². The second-order valence-corrected chi connectivity index (χ2v) is 10.8. The lowest BCUT2D eigenvalue weighted by molar-refractivity contribution is -0.156. The Hall–Kier alpha value is -2.28. The van der Waals surface area contributed by atoms with Crippen molar-refractivity contribution in [3.8, 4) is 0 Å². The molecule has 0 saturated carbocycles. The van der Waals surface area contributed by atoms with Crippen molar-refractivity contribution in [1.29, 1.82) is 0 Å². The van der Waals surface area contributed by atoms with Gasteiger partial charge in [0.1, 0.15) is 5.78 Å². The quantitative estimate of drug-likeness (QED) is 0.179. The molecule has 1 atom stereocenters. The average Bonchev–Trinajstić information content (AvgIpc) is 2.75. The van der Waals surface area contributed by atoms with E-state index in [4.69, 9.17) is 23.7 Å². The molecule has 0 aromatic rings. The molecule has 0 spiro atoms. The van der Waals surface area contributed by atoms with Crippen LogP contribution in [0.15, 0.2) is 0 Å². The van der Waals surface area contributed by atoms with Crippen molar-refractivity contribution in [3.05, 3.63) is 0 Å². The lowest BCUT2D eigenvalue weighted by atomic mass is 9.97. The second kappa shape index (κ2) is 16.4. The summed E-state index contributed by atoms with van der Waals surface area (Å²) in [7, 11) is 0. The van der Waals surface area contributed by atoms with Crippen LogP contribution in [0.5, 0.6) is 0 Å². The van der Waals surface area contributed by atoms with Crippen LogP contribution in [0.25, 0.3) is 0 Å². The zero-order chi connectivity index (χ0) is 27.2. The lowest BCUT2D eigenvalue weighted by Crippen LogP contribution is -2.34. The van der Waals surface area contributed by atoms with Crippen molar-refractivity contribution in [2.24, 2.45) is 17.8 Å². The summed E-state index contributed by atoms with van der Waals surface area (Å²) < 4.78 is 22.8. The third-order valence-electron chi connectivity index (χ3n) is 4.16. The molecule has 0 aromatic heterocycles. The number of rotatable bonds is 14. The molecule has 0 N–H and O–H groups in total. The Morgan fingerprint density at radius 1 is 0.714 bits per heavy atom. The van der Waals surface area contributed by atoms with Gasteiger partial charge in [0.25, 0.3) is 0 Å². The van der Waals surface area contributed by atoms with Crippen molar-refractivity contribution in [1.82, 2.24) is 0 Å². The van der Waals surface area contributed by atoms with Crippen LogP contribution < -0.4 is 0 Å². The van der Waals surface area contributed by atoms with Crippen LogP contribution in [0.2, 0.25) is 0 Å². The highest BCUT2D eigenvalue weighted by Crippen LogP contribution is 2.31. The highest BCUT2D eigenvalue weighted by atomic mass is 32.2. The Morgan fingerprint density at radius 3 is 1.66 bits per heavy atom. The van der Waals surface area contributed by atoms with Gasteiger partial charge in [-0.1, -0.05) is 27.7 Å². The molecule has 0 bridgehead atoms. The summed E-state index contributed by atoms with van der Waals surface area (Å²) in [5.74, 6) is -4.09. The number of carbonyl (C=O) groups excluding carboxylic acids is 6. The minimum atomic E-state index is -1.28. The molecule has 35 heavy (non-hydrogen) atoms. The van der Waals surface area contributed by atoms with E-state index in [1.807, 2.05) is 0 Å². The number of ketones is 1. The van der Waals surface area contributed by atoms with Gasteiger partial charge >= 0.3 is 28.5 Å². The first-order chi connectivity index (χ1) is 16.2. The van der Waals surface area contributed by atoms with Gasteiger partial charge in [-0.3, -0.25) is 19.2 Å². The predicted molar refractivity (Wildman–Crippen MR) is 128 cm³/mol. The largest absolute Gasteiger partial charge is 0.466 e. The first kappa shape index (κ1) is 32.7. The molecule has 0 rings (SSSR count). The van der Waals surface area contributed by atoms with Gasteiger partial charge in [-0.15, -0.1) is 0 Å². The Bertz CT molecular complexity index is 763. The molecule has 200 valence electrons. The number of carbonyl (C=O) groups is 6. The number of Topliss-reactive ketones (excluding diaryl/α,β-unsaturated/α-hetero) is 1. The van der Waals surface area contributed by atoms with Crippen LogP contribution in [0.1, 0.15) is 54.9 Å². The molecule has 0 aliphatic heterocycles. The molecule has 0 heterocycles. The topological polar surface area (TPSA) is 149 Å². The van der Waals surface area contributed by atoms with E-state index in [1.54, 1.807) is 34.6 Å². The lowest BCUT2D eigenvalue weighted by Gasteiger charge is -2.23. The van der Waals surface area contributed by atoms with Crippen molar-refractivity contribution >= 4 is 57.8 Å². The van der Waals surface area contributed by atoms with Crippen LogP contribution in [-0.4, -0.2) is 65.0 Å². The standard InChI is InChI=1S/C22H34O11S2/c1-8-29-19(26)15(10-34-20(27)32-11-30-17(24)13(2)3)9-16(23)22(6,7)35-21(28)33-12-31-18(25)14(4)5/h13-15H,8-12H2,1-7H3/t15-/m0/s1. The first-order valence-electron chi connectivity index (χ1n) is 10.9. The minimum absolute atomic E-state index is 0.0728. The van der Waals surface area contributed by atoms with E-state index in [2.05, 4.69) is 0 Å². The van der Waals surface area contributed by atoms with Gasteiger partial charge in [0.2, 0.25) is 13.6 Å². The molecule has 0 aliphatic rings. The molecule has 0 unspecified atom stereocenters. The molecule has 0 amide bonds. The zero-order valence-electron chi connectivity index (χ0n) is 21.1. The molecule has 0 aliphatic carbocycles. The van der Waals surface area contributed by atoms with Gasteiger partial charge < -0.3 is 23.7 Å². The highest BCUT2D eigenvalue weighted by Gasteiger charge is 2.36. The van der Waals surface area contributed by atoms with Crippen LogP contribution in [0, 0.1) is 17.8 Å². The molecule has 0 radical (unpaired) electrons. The van der Waals surface area contributed by atoms with Crippen molar-refractivity contribution in [2.75, 3.05) is 25.9 Å². The summed E-state index contributed by atoms with van der Waals surface area (Å²) >= 11 is 1.21. The maximum atomic E-state index is 12.8. The van der Waals surface area contributed by atoms with Crippen LogP contribution in [0.3, 0.4) is 0 Å². The van der Waals surface area contributed by atoms with Crippen LogP contribution in [-0.2, 0) is 42.9 Å². The van der Waals surface area contributed by atoms with Gasteiger partial charge in [0.15, 0.2) is 0 Å². The van der Waals surface area contributed by atoms with Gasteiger partial charge in [-0.05, 0) is 44.3 Å². The van der Waals surface area contributed by atoms with E-state index in [9.17, 15) is 28.8 Å². The maximum Gasteiger partial charge on any atom is 0.371 e. The molecular formula is C22H34O11S2. The van der Waals surface area contributed by atoms with E-state index in [0.717, 1.165) is 0 Å². The van der Waals surface area contributed by atoms with Crippen LogP contribution in [0.4, 0.5) is 9.59 Å². The van der Waals surface area contributed by atoms with Gasteiger partial charge in [0, 0.05) is 12.2 Å². The second-order valence-electron chi connectivity index (χ2n) is 8.26. The monoisotopic (exact) mass is 538 g/mol. The van der Waals surface area contributed by atoms with Crippen LogP contribution >= 0.6 is 23.5 Å². The Kier molecular flexibility index (Phi) is 15.3. The highest BCUT2D eigenvalue weighted by molar-refractivity contribution is 8.15. The molecule has 0 aromatic carbocycles. The SMILES string of the molecule is CCOC(=O)[C@H](CSC(=O)OCOC(=O)C(C)C)CC(=O)C(C)(C)SC(=O)OCOC(=O)C(C)C. The molecular weight excluding hydrogens is 504 g/mol. The Balaban J connectivity index is 4.85. The fraction of sp³-hybridized carbons (Fsp3) is 0.727.